The number of fused-ring (bicyclic) bond motifs is 1. The number of rotatable bonds is 2. The molecule has 0 radical (unpaired) electrons. The minimum Gasteiger partial charge on any atom is -0.427 e. The molecule has 0 aliphatic rings. The summed E-state index contributed by atoms with van der Waals surface area (Å²) in [4.78, 5) is 17.1. The van der Waals surface area contributed by atoms with Crippen molar-refractivity contribution in [1.29, 1.82) is 0 Å². The molecule has 0 spiro atoms. The van der Waals surface area contributed by atoms with Crippen LogP contribution in [0.5, 0.6) is 0 Å². The van der Waals surface area contributed by atoms with Crippen molar-refractivity contribution in [1.82, 2.24) is 4.73 Å². The quantitative estimate of drug-likeness (QED) is 0.640. The summed E-state index contributed by atoms with van der Waals surface area (Å²) in [5, 5.41) is 0.970. The number of ether oxygens (including phenoxy) is 1. The summed E-state index contributed by atoms with van der Waals surface area (Å²) in [6, 6.07) is 7.64. The molecule has 4 nitrogen and oxygen atoms in total. The van der Waals surface area contributed by atoms with E-state index in [2.05, 4.69) is 31.9 Å². The van der Waals surface area contributed by atoms with E-state index in [9.17, 15) is 4.79 Å². The Balaban J connectivity index is 2.36. The largest absolute Gasteiger partial charge is 0.534 e. The van der Waals surface area contributed by atoms with Gasteiger partial charge in [0, 0.05) is 10.9 Å². The number of benzene rings is 1. The molecule has 2 rings (SSSR count). The highest BCUT2D eigenvalue weighted by Crippen LogP contribution is 2.26. The number of nitrogens with zero attached hydrogens (tertiary/aromatic N) is 1. The zero-order chi connectivity index (χ0) is 15.6. The van der Waals surface area contributed by atoms with E-state index in [0.29, 0.717) is 0 Å². The average molecular weight is 417 g/mol. The van der Waals surface area contributed by atoms with Gasteiger partial charge in [-0.2, -0.15) is 4.73 Å². The van der Waals surface area contributed by atoms with Gasteiger partial charge in [0.05, 0.1) is 15.1 Å². The predicted octanol–water partition coefficient (Wildman–Crippen LogP) is 5.09. The zero-order valence-corrected chi connectivity index (χ0v) is 15.1. The van der Waals surface area contributed by atoms with Gasteiger partial charge in [-0.25, -0.2) is 4.79 Å². The van der Waals surface area contributed by atoms with Crippen molar-refractivity contribution in [2.45, 2.75) is 26.4 Å². The van der Waals surface area contributed by atoms with Crippen LogP contribution in [0.1, 0.15) is 26.3 Å². The Labute approximate surface area is 139 Å². The van der Waals surface area contributed by atoms with Crippen LogP contribution in [0.15, 0.2) is 33.9 Å². The summed E-state index contributed by atoms with van der Waals surface area (Å²) in [5.74, 6) is 0. The Morgan fingerprint density at radius 1 is 1.24 bits per heavy atom. The van der Waals surface area contributed by atoms with E-state index >= 15 is 0 Å². The van der Waals surface area contributed by atoms with Gasteiger partial charge in [-0.1, -0.05) is 18.2 Å². The van der Waals surface area contributed by atoms with Gasteiger partial charge in [0.25, 0.3) is 0 Å². The molecule has 0 unspecified atom stereocenters. The number of carbonyl (C=O) groups excluding carboxylic acids is 1. The van der Waals surface area contributed by atoms with Gasteiger partial charge in [0.15, 0.2) is 0 Å². The zero-order valence-electron chi connectivity index (χ0n) is 11.9. The highest BCUT2D eigenvalue weighted by Gasteiger charge is 2.19. The lowest BCUT2D eigenvalue weighted by atomic mass is 10.2. The van der Waals surface area contributed by atoms with Gasteiger partial charge in [-0.3, -0.25) is 0 Å². The predicted molar refractivity (Wildman–Crippen MR) is 90.6 cm³/mol. The number of hydrogen-bond acceptors (Lipinski definition) is 3. The summed E-state index contributed by atoms with van der Waals surface area (Å²) in [6.45, 7) is 5.37. The van der Waals surface area contributed by atoms with Gasteiger partial charge in [-0.05, 0) is 64.8 Å². The molecular weight excluding hydrogens is 402 g/mol. The van der Waals surface area contributed by atoms with Gasteiger partial charge in [-0.15, -0.1) is 0 Å². The first-order valence-electron chi connectivity index (χ1n) is 6.30. The molecule has 2 aromatic rings. The van der Waals surface area contributed by atoms with Crippen molar-refractivity contribution < 1.29 is 14.4 Å². The van der Waals surface area contributed by atoms with Crippen molar-refractivity contribution in [3.63, 3.8) is 0 Å². The summed E-state index contributed by atoms with van der Waals surface area (Å²) in [5.41, 5.74) is 1.11. The molecular formula is C15H15Br2NO3. The molecule has 1 aromatic heterocycles. The smallest absolute Gasteiger partial charge is 0.427 e. The standard InChI is InChI=1S/C15H15Br2NO3/c1-15(2,3)20-14(19)21-18-9-10(8-13(16)17)11-6-4-5-7-12(11)18/h4-9H,1-3H3. The molecule has 0 bridgehead atoms. The third-order valence-corrected chi connectivity index (χ3v) is 2.99. The summed E-state index contributed by atoms with van der Waals surface area (Å²) >= 11 is 6.67. The van der Waals surface area contributed by atoms with Crippen molar-refractivity contribution in [2.24, 2.45) is 0 Å². The molecule has 0 atom stereocenters. The summed E-state index contributed by atoms with van der Waals surface area (Å²) in [6.07, 6.45) is 2.88. The van der Waals surface area contributed by atoms with Crippen LogP contribution in [0.25, 0.3) is 17.0 Å². The Kier molecular flexibility index (Phi) is 4.78. The number of aromatic nitrogens is 1. The maximum Gasteiger partial charge on any atom is 0.534 e. The molecule has 0 aliphatic carbocycles. The highest BCUT2D eigenvalue weighted by molar-refractivity contribution is 9.28. The lowest BCUT2D eigenvalue weighted by Gasteiger charge is -2.18. The molecule has 0 saturated heterocycles. The van der Waals surface area contributed by atoms with Crippen LogP contribution >= 0.6 is 31.9 Å². The van der Waals surface area contributed by atoms with Crippen LogP contribution in [-0.2, 0) is 4.74 Å². The molecule has 112 valence electrons. The summed E-state index contributed by atoms with van der Waals surface area (Å²) in [7, 11) is 0. The minimum atomic E-state index is -0.739. The van der Waals surface area contributed by atoms with E-state index in [1.54, 1.807) is 27.0 Å². The average Bonchev–Trinajstić information content (AvgIpc) is 2.65. The molecule has 1 heterocycles. The molecule has 21 heavy (non-hydrogen) atoms. The highest BCUT2D eigenvalue weighted by atomic mass is 79.9. The first-order chi connectivity index (χ1) is 9.76. The second-order valence-corrected chi connectivity index (χ2v) is 8.19. The van der Waals surface area contributed by atoms with Crippen molar-refractivity contribution >= 4 is 55.0 Å². The second-order valence-electron chi connectivity index (χ2n) is 5.42. The van der Waals surface area contributed by atoms with Gasteiger partial charge < -0.3 is 9.57 Å². The van der Waals surface area contributed by atoms with Gasteiger partial charge >= 0.3 is 6.16 Å². The fraction of sp³-hybridized carbons (Fsp3) is 0.267. The fourth-order valence-electron chi connectivity index (χ4n) is 1.83. The van der Waals surface area contributed by atoms with Gasteiger partial charge in [0.2, 0.25) is 0 Å². The van der Waals surface area contributed by atoms with E-state index in [1.165, 1.54) is 4.73 Å². The van der Waals surface area contributed by atoms with Crippen LogP contribution in [0.3, 0.4) is 0 Å². The Bertz CT molecular complexity index is 694. The molecule has 0 N–H and O–H groups in total. The Morgan fingerprint density at radius 2 is 1.90 bits per heavy atom. The number of halogens is 2. The number of para-hydroxylation sites is 1. The topological polar surface area (TPSA) is 40.5 Å². The van der Waals surface area contributed by atoms with E-state index < -0.39 is 11.8 Å². The first-order valence-corrected chi connectivity index (χ1v) is 7.89. The number of carbonyl (C=O) groups is 1. The normalized spacial score (nSPS) is 11.3. The van der Waals surface area contributed by atoms with Crippen LogP contribution < -0.4 is 4.84 Å². The maximum absolute atomic E-state index is 11.8. The second kappa shape index (κ2) is 6.23. The van der Waals surface area contributed by atoms with Crippen LogP contribution in [0.2, 0.25) is 0 Å². The van der Waals surface area contributed by atoms with Crippen molar-refractivity contribution in [2.75, 3.05) is 0 Å². The third-order valence-electron chi connectivity index (χ3n) is 2.54. The lowest BCUT2D eigenvalue weighted by molar-refractivity contribution is -0.00873. The van der Waals surface area contributed by atoms with Gasteiger partial charge in [0.1, 0.15) is 5.60 Å². The Morgan fingerprint density at radius 3 is 2.52 bits per heavy atom. The first kappa shape index (κ1) is 16.1. The van der Waals surface area contributed by atoms with E-state index in [-0.39, 0.29) is 0 Å². The van der Waals surface area contributed by atoms with Crippen LogP contribution in [0, 0.1) is 0 Å². The minimum absolute atomic E-state index is 0.596. The van der Waals surface area contributed by atoms with E-state index in [4.69, 9.17) is 9.57 Å². The van der Waals surface area contributed by atoms with Crippen LogP contribution in [0.4, 0.5) is 4.79 Å². The Hall–Kier alpha value is -1.27. The fourth-order valence-corrected chi connectivity index (χ4v) is 2.33. The molecule has 0 aliphatic heterocycles. The molecule has 0 saturated carbocycles. The number of hydrogen-bond donors (Lipinski definition) is 0. The van der Waals surface area contributed by atoms with Crippen molar-refractivity contribution in [3.8, 4) is 0 Å². The van der Waals surface area contributed by atoms with E-state index in [1.807, 2.05) is 30.3 Å². The molecule has 0 amide bonds. The monoisotopic (exact) mass is 415 g/mol. The SMILES string of the molecule is CC(C)(C)OC(=O)On1cc(C=C(Br)Br)c2ccccc21. The van der Waals surface area contributed by atoms with Crippen molar-refractivity contribution in [3.05, 3.63) is 39.4 Å². The molecule has 1 aromatic carbocycles. The molecule has 0 fully saturated rings. The van der Waals surface area contributed by atoms with E-state index in [0.717, 1.165) is 19.9 Å². The lowest BCUT2D eigenvalue weighted by Crippen LogP contribution is -2.29. The summed E-state index contributed by atoms with van der Waals surface area (Å²) < 4.78 is 7.38. The third kappa shape index (κ3) is 4.35. The van der Waals surface area contributed by atoms with Crippen LogP contribution in [-0.4, -0.2) is 16.5 Å². The molecule has 6 heteroatoms. The maximum atomic E-state index is 11.8.